The van der Waals surface area contributed by atoms with Crippen LogP contribution in [0.15, 0.2) is 64.4 Å². The summed E-state index contributed by atoms with van der Waals surface area (Å²) >= 11 is 2.11. The molecule has 2 heterocycles. The number of likely N-dealkylation sites (N-methyl/N-ethyl adjacent to an activating group) is 2. The van der Waals surface area contributed by atoms with Crippen LogP contribution in [0, 0.1) is 21.7 Å². The molecule has 0 spiro atoms. The van der Waals surface area contributed by atoms with Crippen molar-refractivity contribution in [3.8, 4) is 0 Å². The number of hydrogen-bond donors (Lipinski definition) is 1. The van der Waals surface area contributed by atoms with Crippen LogP contribution in [-0.4, -0.2) is 72.5 Å². The van der Waals surface area contributed by atoms with Gasteiger partial charge in [-0.2, -0.15) is 0 Å². The Morgan fingerprint density at radius 1 is 1.17 bits per heavy atom. The van der Waals surface area contributed by atoms with Crippen molar-refractivity contribution in [1.29, 1.82) is 0 Å². The van der Waals surface area contributed by atoms with E-state index in [2.05, 4.69) is 38.6 Å². The fraction of sp³-hybridized carbons (Fsp3) is 0.259. The number of halogens is 3. The van der Waals surface area contributed by atoms with Gasteiger partial charge in [-0.25, -0.2) is 13.8 Å². The molecule has 14 heteroatoms. The summed E-state index contributed by atoms with van der Waals surface area (Å²) in [6.45, 7) is 5.08. The average Bonchev–Trinajstić information content (AvgIpc) is 3.49. The van der Waals surface area contributed by atoms with Gasteiger partial charge in [-0.1, -0.05) is 0 Å². The second-order valence-corrected chi connectivity index (χ2v) is 10.9. The lowest BCUT2D eigenvalue weighted by molar-refractivity contribution is -0.384. The largest absolute Gasteiger partial charge is 0.368 e. The molecule has 218 valence electrons. The van der Waals surface area contributed by atoms with Crippen molar-refractivity contribution >= 4 is 76.5 Å². The van der Waals surface area contributed by atoms with Gasteiger partial charge in [-0.3, -0.25) is 19.4 Å². The van der Waals surface area contributed by atoms with Crippen LogP contribution in [0.3, 0.4) is 0 Å². The van der Waals surface area contributed by atoms with Gasteiger partial charge in [0.25, 0.3) is 5.69 Å². The van der Waals surface area contributed by atoms with E-state index in [9.17, 15) is 18.9 Å². The van der Waals surface area contributed by atoms with E-state index >= 15 is 0 Å². The van der Waals surface area contributed by atoms with Crippen molar-refractivity contribution in [2.75, 3.05) is 46.2 Å². The number of nitro benzene ring substituents is 1. The number of anilines is 1. The van der Waals surface area contributed by atoms with Crippen LogP contribution >= 0.6 is 30.3 Å². The maximum absolute atomic E-state index is 14.2. The molecule has 0 atom stereocenters. The van der Waals surface area contributed by atoms with Crippen LogP contribution in [0.5, 0.6) is 0 Å². The molecule has 1 aliphatic rings. The number of rotatable bonds is 9. The molecule has 41 heavy (non-hydrogen) atoms. The van der Waals surface area contributed by atoms with E-state index in [1.54, 1.807) is 46.5 Å². The van der Waals surface area contributed by atoms with Crippen molar-refractivity contribution < 1.29 is 13.7 Å². The molecule has 0 unspecified atom stereocenters. The van der Waals surface area contributed by atoms with Gasteiger partial charge in [0.2, 0.25) is 0 Å². The number of amidine groups is 1. The van der Waals surface area contributed by atoms with E-state index in [1.165, 1.54) is 22.2 Å². The third kappa shape index (κ3) is 6.94. The van der Waals surface area contributed by atoms with Crippen LogP contribution in [-0.2, 0) is 7.05 Å². The van der Waals surface area contributed by atoms with Crippen LogP contribution in [0.1, 0.15) is 5.56 Å². The first-order valence-electron chi connectivity index (χ1n) is 12.3. The summed E-state index contributed by atoms with van der Waals surface area (Å²) in [5.74, 6) is -1.44. The van der Waals surface area contributed by atoms with E-state index in [-0.39, 0.29) is 5.69 Å². The fourth-order valence-corrected chi connectivity index (χ4v) is 5.54. The predicted molar refractivity (Wildman–Crippen MR) is 174 cm³/mol. The maximum Gasteiger partial charge on any atom is 0.294 e. The highest BCUT2D eigenvalue weighted by Crippen LogP contribution is 2.38. The summed E-state index contributed by atoms with van der Waals surface area (Å²) in [6, 6.07) is 7.14. The molecule has 2 N–H and O–H groups in total. The first kappa shape index (κ1) is 32.2. The van der Waals surface area contributed by atoms with Crippen LogP contribution in [0.2, 0.25) is 0 Å². The standard InChI is InChI=1S/C26H26F2IN7O2S.CH5N/c1-30-25(19-15-34(5)23-14-21(28)20(27)13-18(19)23)17-8-9-35(39-29)26(17)31-16-6-7-22(24(12-16)36(37)38)33(4)11-10-32(2)3;1-2/h6-9,12-15H,1,10-11H2,2-5H3;2H2,1H3/b25-17-,31-26?;. The van der Waals surface area contributed by atoms with Gasteiger partial charge < -0.3 is 20.1 Å². The number of fused-ring (bicyclic) bond motifs is 1. The maximum atomic E-state index is 14.2. The van der Waals surface area contributed by atoms with Gasteiger partial charge in [-0.05, 0) is 52.1 Å². The first-order chi connectivity index (χ1) is 19.5. The minimum Gasteiger partial charge on any atom is -0.368 e. The number of aliphatic imine (C=N–C) groups is 2. The molecule has 0 radical (unpaired) electrons. The zero-order valence-corrected chi connectivity index (χ0v) is 26.3. The van der Waals surface area contributed by atoms with Crippen LogP contribution < -0.4 is 10.6 Å². The van der Waals surface area contributed by atoms with E-state index in [0.717, 1.165) is 18.7 Å². The highest BCUT2D eigenvalue weighted by molar-refractivity contribution is 14.2. The molecule has 1 aliphatic heterocycles. The summed E-state index contributed by atoms with van der Waals surface area (Å²) in [5, 5.41) is 12.4. The van der Waals surface area contributed by atoms with E-state index < -0.39 is 16.6 Å². The molecule has 0 aliphatic carbocycles. The van der Waals surface area contributed by atoms with Gasteiger partial charge >= 0.3 is 0 Å². The average molecular weight is 697 g/mol. The Morgan fingerprint density at radius 3 is 2.46 bits per heavy atom. The highest BCUT2D eigenvalue weighted by atomic mass is 127. The monoisotopic (exact) mass is 696 g/mol. The molecule has 10 nitrogen and oxygen atoms in total. The predicted octanol–water partition coefficient (Wildman–Crippen LogP) is 5.91. The molecule has 0 saturated heterocycles. The van der Waals surface area contributed by atoms with Gasteiger partial charge in [0.1, 0.15) is 5.69 Å². The van der Waals surface area contributed by atoms with Gasteiger partial charge in [0, 0.05) is 98.6 Å². The van der Waals surface area contributed by atoms with Gasteiger partial charge in [-0.15, -0.1) is 0 Å². The molecule has 0 saturated carbocycles. The number of benzene rings is 2. The van der Waals surface area contributed by atoms with Crippen molar-refractivity contribution in [3.05, 3.63) is 81.7 Å². The minimum absolute atomic E-state index is 0.0584. The first-order valence-corrected chi connectivity index (χ1v) is 15.6. The van der Waals surface area contributed by atoms with Crippen molar-refractivity contribution in [3.63, 3.8) is 0 Å². The van der Waals surface area contributed by atoms with Crippen molar-refractivity contribution in [1.82, 2.24) is 13.8 Å². The summed E-state index contributed by atoms with van der Waals surface area (Å²) < 4.78 is 31.6. The minimum atomic E-state index is -0.966. The smallest absolute Gasteiger partial charge is 0.294 e. The molecular formula is C27H31F2IN8O2S. The zero-order valence-electron chi connectivity index (χ0n) is 23.3. The molecule has 1 aromatic heterocycles. The fourth-order valence-electron chi connectivity index (χ4n) is 4.28. The van der Waals surface area contributed by atoms with Crippen LogP contribution in [0.25, 0.3) is 16.6 Å². The lowest BCUT2D eigenvalue weighted by Gasteiger charge is -2.21. The highest BCUT2D eigenvalue weighted by Gasteiger charge is 2.26. The number of aromatic nitrogens is 1. The lowest BCUT2D eigenvalue weighted by Crippen LogP contribution is -2.28. The molecule has 4 rings (SSSR count). The third-order valence-electron chi connectivity index (χ3n) is 6.29. The number of hydrogen-bond acceptors (Lipinski definition) is 8. The number of nitrogens with zero attached hydrogens (tertiary/aromatic N) is 7. The van der Waals surface area contributed by atoms with Gasteiger partial charge in [0.15, 0.2) is 17.5 Å². The summed E-state index contributed by atoms with van der Waals surface area (Å²) in [5.41, 5.74) is 7.37. The Balaban J connectivity index is 0.00000226. The molecular weight excluding hydrogens is 665 g/mol. The van der Waals surface area contributed by atoms with Gasteiger partial charge in [0.05, 0.1) is 21.8 Å². The van der Waals surface area contributed by atoms with Crippen molar-refractivity contribution in [2.24, 2.45) is 22.8 Å². The Bertz CT molecular complexity index is 1550. The van der Waals surface area contributed by atoms with E-state index in [1.807, 2.05) is 30.9 Å². The summed E-state index contributed by atoms with van der Waals surface area (Å²) in [6.07, 6.45) is 5.32. The zero-order chi connectivity index (χ0) is 30.4. The third-order valence-corrected chi connectivity index (χ3v) is 8.00. The van der Waals surface area contributed by atoms with E-state index in [0.29, 0.717) is 51.5 Å². The summed E-state index contributed by atoms with van der Waals surface area (Å²) in [4.78, 5) is 24.4. The molecule has 3 aromatic rings. The number of nitrogens with two attached hydrogens (primary N) is 1. The number of nitro groups is 1. The quantitative estimate of drug-likeness (QED) is 0.0976. The molecule has 0 amide bonds. The number of aryl methyl sites for hydroxylation is 1. The second kappa shape index (κ2) is 14.0. The molecule has 0 fully saturated rings. The lowest BCUT2D eigenvalue weighted by atomic mass is 10.1. The Hall–Kier alpha value is -3.34. The van der Waals surface area contributed by atoms with Crippen LogP contribution in [0.4, 0.5) is 25.8 Å². The van der Waals surface area contributed by atoms with Crippen molar-refractivity contribution in [2.45, 2.75) is 0 Å². The SMILES string of the molecule is C=N/C(=C1/C=CN(SI)C1=Nc1ccc(N(C)CCN(C)C)c([N+](=O)[O-])c1)c1cn(C)c2cc(F)c(F)cc12.CN. The molecule has 2 aromatic carbocycles. The van der Waals surface area contributed by atoms with E-state index in [4.69, 9.17) is 4.99 Å². The molecule has 0 bridgehead atoms. The normalized spacial score (nSPS) is 15.0. The topological polar surface area (TPSA) is 109 Å². The Morgan fingerprint density at radius 2 is 1.85 bits per heavy atom. The Labute approximate surface area is 253 Å². The second-order valence-electron chi connectivity index (χ2n) is 9.16. The Kier molecular flexibility index (Phi) is 11.0. The summed E-state index contributed by atoms with van der Waals surface area (Å²) in [7, 11) is 10.3.